The summed E-state index contributed by atoms with van der Waals surface area (Å²) in [6.07, 6.45) is 6.04. The highest BCUT2D eigenvalue weighted by atomic mass is 79.9. The van der Waals surface area contributed by atoms with Crippen LogP contribution in [0.2, 0.25) is 0 Å². The summed E-state index contributed by atoms with van der Waals surface area (Å²) >= 11 is 3.68. The smallest absolute Gasteiger partial charge is 0.0762 e. The van der Waals surface area contributed by atoms with Crippen LogP contribution in [0.4, 0.5) is 5.69 Å². The van der Waals surface area contributed by atoms with Crippen molar-refractivity contribution in [3.05, 3.63) is 28.2 Å². The minimum Gasteiger partial charge on any atom is -0.389 e. The quantitative estimate of drug-likeness (QED) is 0.870. The van der Waals surface area contributed by atoms with Crippen molar-refractivity contribution in [1.82, 2.24) is 0 Å². The van der Waals surface area contributed by atoms with E-state index in [1.54, 1.807) is 0 Å². The van der Waals surface area contributed by atoms with E-state index in [-0.39, 0.29) is 0 Å². The highest BCUT2D eigenvalue weighted by molar-refractivity contribution is 9.10. The van der Waals surface area contributed by atoms with Gasteiger partial charge in [-0.05, 0) is 66.2 Å². The van der Waals surface area contributed by atoms with Gasteiger partial charge in [-0.3, -0.25) is 0 Å². The second-order valence-electron chi connectivity index (χ2n) is 5.52. The van der Waals surface area contributed by atoms with Crippen LogP contribution in [0.1, 0.15) is 57.6 Å². The molecule has 0 radical (unpaired) electrons. The van der Waals surface area contributed by atoms with Crippen LogP contribution in [-0.2, 0) is 0 Å². The highest BCUT2D eigenvalue weighted by Gasteiger charge is 2.23. The minimum absolute atomic E-state index is 0.404. The van der Waals surface area contributed by atoms with E-state index >= 15 is 0 Å². The molecule has 2 nitrogen and oxygen atoms in total. The van der Waals surface area contributed by atoms with Gasteiger partial charge in [0.05, 0.1) is 11.8 Å². The molecule has 1 fully saturated rings. The average molecular weight is 326 g/mol. The number of piperidine rings is 1. The molecule has 2 rings (SSSR count). The van der Waals surface area contributed by atoms with E-state index in [2.05, 4.69) is 39.9 Å². The molecule has 0 aliphatic carbocycles. The number of benzene rings is 1. The minimum atomic E-state index is -0.404. The Morgan fingerprint density at radius 1 is 1.42 bits per heavy atom. The normalized spacial score (nSPS) is 21.5. The van der Waals surface area contributed by atoms with Crippen LogP contribution in [0.5, 0.6) is 0 Å². The predicted octanol–water partition coefficient (Wildman–Crippen LogP) is 4.66. The van der Waals surface area contributed by atoms with Gasteiger partial charge in [0, 0.05) is 17.1 Å². The molecule has 19 heavy (non-hydrogen) atoms. The number of aliphatic hydroxyl groups is 1. The first kappa shape index (κ1) is 14.9. The fourth-order valence-electron chi connectivity index (χ4n) is 2.97. The first-order valence-electron chi connectivity index (χ1n) is 7.37. The van der Waals surface area contributed by atoms with Crippen molar-refractivity contribution in [3.63, 3.8) is 0 Å². The van der Waals surface area contributed by atoms with Gasteiger partial charge in [0.15, 0.2) is 0 Å². The zero-order valence-electron chi connectivity index (χ0n) is 11.9. The lowest BCUT2D eigenvalue weighted by Gasteiger charge is -2.38. The molecule has 0 spiro atoms. The summed E-state index contributed by atoms with van der Waals surface area (Å²) in [5, 5.41) is 9.65. The average Bonchev–Trinajstić information content (AvgIpc) is 2.40. The highest BCUT2D eigenvalue weighted by Crippen LogP contribution is 2.34. The number of nitrogens with zero attached hydrogens (tertiary/aromatic N) is 1. The fraction of sp³-hybridized carbons (Fsp3) is 0.625. The van der Waals surface area contributed by atoms with Crippen LogP contribution < -0.4 is 4.90 Å². The molecule has 1 N–H and O–H groups in total. The third kappa shape index (κ3) is 3.51. The molecule has 1 aromatic carbocycles. The number of hydrogen-bond acceptors (Lipinski definition) is 2. The second-order valence-corrected chi connectivity index (χ2v) is 6.37. The topological polar surface area (TPSA) is 23.5 Å². The summed E-state index contributed by atoms with van der Waals surface area (Å²) in [5.74, 6) is 0. The lowest BCUT2D eigenvalue weighted by Crippen LogP contribution is -2.39. The van der Waals surface area contributed by atoms with Crippen LogP contribution in [0, 0.1) is 0 Å². The molecule has 2 atom stereocenters. The van der Waals surface area contributed by atoms with Crippen molar-refractivity contribution < 1.29 is 5.11 Å². The van der Waals surface area contributed by atoms with Crippen LogP contribution in [0.25, 0.3) is 0 Å². The standard InChI is InChI=1S/C16H24BrNO/c1-3-6-14-7-4-5-10-18(14)16-9-8-13(12(2)19)11-15(16)17/h8-9,11-12,14,19H,3-7,10H2,1-2H3/t12-,14?/m0/s1. The molecule has 1 aromatic rings. The van der Waals surface area contributed by atoms with Gasteiger partial charge >= 0.3 is 0 Å². The van der Waals surface area contributed by atoms with Gasteiger partial charge in [-0.1, -0.05) is 19.4 Å². The molecule has 0 amide bonds. The molecule has 0 bridgehead atoms. The number of rotatable bonds is 4. The Hall–Kier alpha value is -0.540. The second kappa shape index (κ2) is 6.76. The monoisotopic (exact) mass is 325 g/mol. The molecule has 1 aliphatic heterocycles. The van der Waals surface area contributed by atoms with Gasteiger partial charge in [0.1, 0.15) is 0 Å². The number of halogens is 1. The zero-order valence-corrected chi connectivity index (χ0v) is 13.5. The van der Waals surface area contributed by atoms with Crippen molar-refractivity contribution in [3.8, 4) is 0 Å². The van der Waals surface area contributed by atoms with Gasteiger partial charge < -0.3 is 10.0 Å². The van der Waals surface area contributed by atoms with E-state index in [1.807, 2.05) is 13.0 Å². The van der Waals surface area contributed by atoms with Crippen molar-refractivity contribution in [2.24, 2.45) is 0 Å². The van der Waals surface area contributed by atoms with Gasteiger partial charge in [-0.15, -0.1) is 0 Å². The van der Waals surface area contributed by atoms with Crippen molar-refractivity contribution in [2.45, 2.75) is 58.1 Å². The molecular weight excluding hydrogens is 302 g/mol. The SMILES string of the molecule is CCCC1CCCCN1c1ccc([C@H](C)O)cc1Br. The van der Waals surface area contributed by atoms with Crippen LogP contribution in [0.3, 0.4) is 0 Å². The Morgan fingerprint density at radius 3 is 2.84 bits per heavy atom. The molecule has 0 saturated carbocycles. The molecule has 1 aliphatic rings. The van der Waals surface area contributed by atoms with Gasteiger partial charge in [0.2, 0.25) is 0 Å². The maximum atomic E-state index is 9.65. The third-order valence-electron chi connectivity index (χ3n) is 4.01. The zero-order chi connectivity index (χ0) is 13.8. The largest absolute Gasteiger partial charge is 0.389 e. The third-order valence-corrected chi connectivity index (χ3v) is 4.65. The molecule has 1 unspecified atom stereocenters. The maximum Gasteiger partial charge on any atom is 0.0762 e. The van der Waals surface area contributed by atoms with Crippen molar-refractivity contribution in [1.29, 1.82) is 0 Å². The van der Waals surface area contributed by atoms with E-state index in [9.17, 15) is 5.11 Å². The Bertz CT molecular complexity index is 417. The summed E-state index contributed by atoms with van der Waals surface area (Å²) in [5.41, 5.74) is 2.25. The fourth-order valence-corrected chi connectivity index (χ4v) is 3.59. The molecule has 1 saturated heterocycles. The van der Waals surface area contributed by atoms with Crippen LogP contribution in [0.15, 0.2) is 22.7 Å². The number of aliphatic hydroxyl groups excluding tert-OH is 1. The van der Waals surface area contributed by atoms with E-state index in [1.165, 1.54) is 37.8 Å². The van der Waals surface area contributed by atoms with Gasteiger partial charge in [0.25, 0.3) is 0 Å². The van der Waals surface area contributed by atoms with Crippen molar-refractivity contribution >= 4 is 21.6 Å². The lowest BCUT2D eigenvalue weighted by molar-refractivity contribution is 0.199. The first-order valence-corrected chi connectivity index (χ1v) is 8.17. The molecular formula is C16H24BrNO. The maximum absolute atomic E-state index is 9.65. The van der Waals surface area contributed by atoms with E-state index < -0.39 is 6.10 Å². The summed E-state index contributed by atoms with van der Waals surface area (Å²) in [4.78, 5) is 2.54. The Kier molecular flexibility index (Phi) is 5.28. The summed E-state index contributed by atoms with van der Waals surface area (Å²) in [7, 11) is 0. The summed E-state index contributed by atoms with van der Waals surface area (Å²) in [6.45, 7) is 5.22. The van der Waals surface area contributed by atoms with E-state index in [0.29, 0.717) is 6.04 Å². The Labute approximate surface area is 124 Å². The van der Waals surface area contributed by atoms with Crippen LogP contribution in [-0.4, -0.2) is 17.7 Å². The van der Waals surface area contributed by atoms with Gasteiger partial charge in [-0.25, -0.2) is 0 Å². The Balaban J connectivity index is 2.23. The van der Waals surface area contributed by atoms with Crippen LogP contribution >= 0.6 is 15.9 Å². The van der Waals surface area contributed by atoms with E-state index in [0.717, 1.165) is 16.6 Å². The summed E-state index contributed by atoms with van der Waals surface area (Å²) < 4.78 is 1.11. The lowest BCUT2D eigenvalue weighted by atomic mass is 9.97. The molecule has 0 aromatic heterocycles. The summed E-state index contributed by atoms with van der Waals surface area (Å²) in [6, 6.07) is 6.92. The Morgan fingerprint density at radius 2 is 2.21 bits per heavy atom. The van der Waals surface area contributed by atoms with E-state index in [4.69, 9.17) is 0 Å². The molecule has 3 heteroatoms. The first-order chi connectivity index (χ1) is 9.13. The molecule has 106 valence electrons. The number of hydrogen-bond donors (Lipinski definition) is 1. The van der Waals surface area contributed by atoms with Crippen molar-refractivity contribution in [2.75, 3.05) is 11.4 Å². The van der Waals surface area contributed by atoms with Gasteiger partial charge in [-0.2, -0.15) is 0 Å². The predicted molar refractivity (Wildman–Crippen MR) is 84.7 cm³/mol. The molecule has 1 heterocycles. The number of anilines is 1.